The smallest absolute Gasteiger partial charge is 0.272 e. The van der Waals surface area contributed by atoms with E-state index in [1.165, 1.54) is 12.1 Å². The van der Waals surface area contributed by atoms with E-state index in [0.717, 1.165) is 5.56 Å². The average molecular weight is 279 g/mol. The molecule has 0 aliphatic rings. The van der Waals surface area contributed by atoms with Gasteiger partial charge in [0.2, 0.25) is 10.0 Å². The van der Waals surface area contributed by atoms with Crippen molar-refractivity contribution in [3.8, 4) is 0 Å². The fourth-order valence-electron chi connectivity index (χ4n) is 1.57. The molecule has 0 saturated heterocycles. The lowest BCUT2D eigenvalue weighted by atomic mass is 10.2. The molecule has 0 unspecified atom stereocenters. The van der Waals surface area contributed by atoms with E-state index >= 15 is 0 Å². The Morgan fingerprint density at radius 3 is 2.63 bits per heavy atom. The molecule has 1 heterocycles. The Bertz CT molecular complexity index is 706. The minimum absolute atomic E-state index is 0.0418. The van der Waals surface area contributed by atoms with Crippen molar-refractivity contribution >= 4 is 21.6 Å². The number of carbonyl (C=O) groups excluding carboxylic acids is 1. The number of benzene rings is 1. The summed E-state index contributed by atoms with van der Waals surface area (Å²) in [6.07, 6.45) is 1.63. The second kappa shape index (κ2) is 4.87. The fourth-order valence-corrected chi connectivity index (χ4v) is 2.11. The Hall–Kier alpha value is -2.12. The number of hydrogen-bond donors (Lipinski definition) is 3. The third kappa shape index (κ3) is 3.01. The maximum Gasteiger partial charge on any atom is 0.272 e. The number of aryl methyl sites for hydroxylation is 1. The van der Waals surface area contributed by atoms with E-state index in [1.807, 2.05) is 0 Å². The third-order valence-corrected chi connectivity index (χ3v) is 3.54. The summed E-state index contributed by atoms with van der Waals surface area (Å²) in [7, 11) is -3.79. The van der Waals surface area contributed by atoms with Gasteiger partial charge in [-0.15, -0.1) is 0 Å². The lowest BCUT2D eigenvalue weighted by molar-refractivity contribution is 0.102. The van der Waals surface area contributed by atoms with Crippen molar-refractivity contribution in [1.29, 1.82) is 0 Å². The van der Waals surface area contributed by atoms with Gasteiger partial charge in [-0.1, -0.05) is 6.07 Å². The number of hydrogen-bond acceptors (Lipinski definition) is 3. The number of amides is 1. The lowest BCUT2D eigenvalue weighted by Crippen LogP contribution is -2.15. The number of carbonyl (C=O) groups is 1. The highest BCUT2D eigenvalue weighted by Crippen LogP contribution is 2.20. The fraction of sp³-hybridized carbons (Fsp3) is 0.0833. The van der Waals surface area contributed by atoms with Crippen LogP contribution in [-0.4, -0.2) is 19.3 Å². The van der Waals surface area contributed by atoms with E-state index < -0.39 is 10.0 Å². The zero-order chi connectivity index (χ0) is 14.0. The van der Waals surface area contributed by atoms with Gasteiger partial charge in [0.15, 0.2) is 0 Å². The number of nitrogens with one attached hydrogen (secondary N) is 2. The molecular formula is C12H13N3O3S. The summed E-state index contributed by atoms with van der Waals surface area (Å²) in [6, 6.07) is 7.64. The number of nitrogens with two attached hydrogens (primary N) is 1. The maximum absolute atomic E-state index is 11.9. The zero-order valence-corrected chi connectivity index (χ0v) is 11.0. The predicted octanol–water partition coefficient (Wildman–Crippen LogP) is 1.22. The summed E-state index contributed by atoms with van der Waals surface area (Å²) in [5.74, 6) is -0.348. The first-order valence-electron chi connectivity index (χ1n) is 5.46. The molecule has 0 aliphatic carbocycles. The summed E-state index contributed by atoms with van der Waals surface area (Å²) < 4.78 is 22.5. The summed E-state index contributed by atoms with van der Waals surface area (Å²) in [6.45, 7) is 1.76. The summed E-state index contributed by atoms with van der Waals surface area (Å²) in [5, 5.41) is 7.69. The van der Waals surface area contributed by atoms with Gasteiger partial charge in [0.05, 0.1) is 4.90 Å². The highest BCUT2D eigenvalue weighted by Gasteiger charge is 2.12. The molecule has 19 heavy (non-hydrogen) atoms. The molecular weight excluding hydrogens is 266 g/mol. The normalized spacial score (nSPS) is 11.3. The van der Waals surface area contributed by atoms with Gasteiger partial charge >= 0.3 is 0 Å². The molecule has 2 aromatic rings. The van der Waals surface area contributed by atoms with E-state index in [2.05, 4.69) is 10.3 Å². The van der Waals surface area contributed by atoms with Crippen LogP contribution in [0.25, 0.3) is 0 Å². The van der Waals surface area contributed by atoms with Gasteiger partial charge in [0, 0.05) is 11.9 Å². The Kier molecular flexibility index (Phi) is 3.41. The van der Waals surface area contributed by atoms with Crippen molar-refractivity contribution in [1.82, 2.24) is 4.98 Å². The lowest BCUT2D eigenvalue weighted by Gasteiger charge is -2.09. The third-order valence-electron chi connectivity index (χ3n) is 2.63. The number of anilines is 1. The molecule has 4 N–H and O–H groups in total. The van der Waals surface area contributed by atoms with Crippen LogP contribution in [0.3, 0.4) is 0 Å². The highest BCUT2D eigenvalue weighted by atomic mass is 32.2. The summed E-state index contributed by atoms with van der Waals surface area (Å²) in [4.78, 5) is 14.6. The number of H-pyrrole nitrogens is 1. The van der Waals surface area contributed by atoms with Crippen molar-refractivity contribution in [2.75, 3.05) is 5.32 Å². The largest absolute Gasteiger partial charge is 0.357 e. The number of sulfonamides is 1. The maximum atomic E-state index is 11.9. The molecule has 100 valence electrons. The Labute approximate surface area is 110 Å². The predicted molar refractivity (Wildman–Crippen MR) is 71.3 cm³/mol. The van der Waals surface area contributed by atoms with Gasteiger partial charge in [-0.05, 0) is 36.8 Å². The Morgan fingerprint density at radius 2 is 2.05 bits per heavy atom. The van der Waals surface area contributed by atoms with Crippen molar-refractivity contribution in [2.24, 2.45) is 5.14 Å². The van der Waals surface area contributed by atoms with Crippen LogP contribution in [0.5, 0.6) is 0 Å². The van der Waals surface area contributed by atoms with Crippen LogP contribution in [0.4, 0.5) is 5.69 Å². The van der Waals surface area contributed by atoms with Crippen LogP contribution in [0.1, 0.15) is 16.1 Å². The van der Waals surface area contributed by atoms with Crippen LogP contribution in [0.2, 0.25) is 0 Å². The summed E-state index contributed by atoms with van der Waals surface area (Å²) in [5.41, 5.74) is 1.54. The second-order valence-corrected chi connectivity index (χ2v) is 5.62. The molecule has 0 spiro atoms. The standard InChI is InChI=1S/C12H13N3O3S/c1-8-4-5-9(19(13,17)18)7-11(8)15-12(16)10-3-2-6-14-10/h2-7,14H,1H3,(H,15,16)(H2,13,17,18). The minimum atomic E-state index is -3.79. The van der Waals surface area contributed by atoms with E-state index in [1.54, 1.807) is 31.3 Å². The van der Waals surface area contributed by atoms with Crippen molar-refractivity contribution in [2.45, 2.75) is 11.8 Å². The van der Waals surface area contributed by atoms with Crippen molar-refractivity contribution in [3.05, 3.63) is 47.8 Å². The van der Waals surface area contributed by atoms with E-state index in [0.29, 0.717) is 11.4 Å². The minimum Gasteiger partial charge on any atom is -0.357 e. The Balaban J connectivity index is 2.32. The van der Waals surface area contributed by atoms with Crippen LogP contribution >= 0.6 is 0 Å². The Morgan fingerprint density at radius 1 is 1.32 bits per heavy atom. The van der Waals surface area contributed by atoms with Crippen LogP contribution < -0.4 is 10.5 Å². The van der Waals surface area contributed by atoms with Gasteiger partial charge in [-0.3, -0.25) is 4.79 Å². The van der Waals surface area contributed by atoms with Gasteiger partial charge in [-0.25, -0.2) is 13.6 Å². The van der Waals surface area contributed by atoms with E-state index in [4.69, 9.17) is 5.14 Å². The van der Waals surface area contributed by atoms with E-state index in [9.17, 15) is 13.2 Å². The SMILES string of the molecule is Cc1ccc(S(N)(=O)=O)cc1NC(=O)c1ccc[nH]1. The topological polar surface area (TPSA) is 105 Å². The first kappa shape index (κ1) is 13.3. The number of rotatable bonds is 3. The molecule has 1 amide bonds. The monoisotopic (exact) mass is 279 g/mol. The van der Waals surface area contributed by atoms with Crippen molar-refractivity contribution < 1.29 is 13.2 Å². The van der Waals surface area contributed by atoms with Gasteiger partial charge < -0.3 is 10.3 Å². The zero-order valence-electron chi connectivity index (χ0n) is 10.2. The molecule has 0 atom stereocenters. The molecule has 0 saturated carbocycles. The molecule has 1 aromatic heterocycles. The molecule has 0 fully saturated rings. The number of primary sulfonamides is 1. The van der Waals surface area contributed by atoms with Gasteiger partial charge in [-0.2, -0.15) is 0 Å². The van der Waals surface area contributed by atoms with Crippen LogP contribution in [0.15, 0.2) is 41.4 Å². The second-order valence-electron chi connectivity index (χ2n) is 4.06. The van der Waals surface area contributed by atoms with E-state index in [-0.39, 0.29) is 10.8 Å². The molecule has 1 aromatic carbocycles. The highest BCUT2D eigenvalue weighted by molar-refractivity contribution is 7.89. The van der Waals surface area contributed by atoms with Crippen molar-refractivity contribution in [3.63, 3.8) is 0 Å². The van der Waals surface area contributed by atoms with Gasteiger partial charge in [0.1, 0.15) is 5.69 Å². The average Bonchev–Trinajstić information content (AvgIpc) is 2.84. The quantitative estimate of drug-likeness (QED) is 0.786. The molecule has 0 aliphatic heterocycles. The number of aromatic amines is 1. The first-order valence-corrected chi connectivity index (χ1v) is 7.01. The molecule has 0 bridgehead atoms. The first-order chi connectivity index (χ1) is 8.88. The molecule has 6 nitrogen and oxygen atoms in total. The van der Waals surface area contributed by atoms with Crippen LogP contribution in [0, 0.1) is 6.92 Å². The molecule has 7 heteroatoms. The molecule has 0 radical (unpaired) electrons. The molecule has 2 rings (SSSR count). The van der Waals surface area contributed by atoms with Gasteiger partial charge in [0.25, 0.3) is 5.91 Å². The van der Waals surface area contributed by atoms with Crippen LogP contribution in [-0.2, 0) is 10.0 Å². The number of aromatic nitrogens is 1. The summed E-state index contributed by atoms with van der Waals surface area (Å²) >= 11 is 0.